The molecule has 94 valence electrons. The van der Waals surface area contributed by atoms with E-state index in [1.807, 2.05) is 49.5 Å². The predicted molar refractivity (Wildman–Crippen MR) is 76.0 cm³/mol. The molecule has 0 aliphatic rings. The number of aryl methyl sites for hydroxylation is 1. The van der Waals surface area contributed by atoms with E-state index in [-0.39, 0.29) is 5.91 Å². The lowest BCUT2D eigenvalue weighted by molar-refractivity contribution is 0.0955. The van der Waals surface area contributed by atoms with Crippen LogP contribution in [0, 0.1) is 0 Å². The van der Waals surface area contributed by atoms with Gasteiger partial charge in [-0.25, -0.2) is 0 Å². The van der Waals surface area contributed by atoms with E-state index >= 15 is 0 Å². The van der Waals surface area contributed by atoms with E-state index in [0.717, 1.165) is 17.0 Å². The molecular formula is C14H16N2OS. The van der Waals surface area contributed by atoms with E-state index in [9.17, 15) is 4.79 Å². The van der Waals surface area contributed by atoms with Gasteiger partial charge in [-0.15, -0.1) is 11.3 Å². The minimum Gasteiger partial charge on any atom is -0.288 e. The minimum absolute atomic E-state index is 0.0638. The van der Waals surface area contributed by atoms with Crippen LogP contribution >= 0.6 is 11.3 Å². The molecule has 0 saturated heterocycles. The number of thiophene rings is 1. The zero-order valence-electron chi connectivity index (χ0n) is 10.5. The number of carbonyl (C=O) groups is 1. The van der Waals surface area contributed by atoms with Gasteiger partial charge >= 0.3 is 0 Å². The summed E-state index contributed by atoms with van der Waals surface area (Å²) in [6.07, 6.45) is 0.965. The Hall–Kier alpha value is -1.81. The summed E-state index contributed by atoms with van der Waals surface area (Å²) in [5, 5.41) is 1.73. The molecule has 18 heavy (non-hydrogen) atoms. The maximum absolute atomic E-state index is 12.0. The van der Waals surface area contributed by atoms with Gasteiger partial charge in [0.05, 0.1) is 10.6 Å². The average molecular weight is 260 g/mol. The van der Waals surface area contributed by atoms with Gasteiger partial charge < -0.3 is 0 Å². The quantitative estimate of drug-likeness (QED) is 0.857. The first-order chi connectivity index (χ1) is 8.70. The number of para-hydroxylation sites is 1. The molecule has 1 aromatic heterocycles. The largest absolute Gasteiger partial charge is 0.288 e. The molecule has 0 bridgehead atoms. The van der Waals surface area contributed by atoms with Crippen LogP contribution in [-0.4, -0.2) is 13.0 Å². The number of benzene rings is 1. The van der Waals surface area contributed by atoms with Crippen molar-refractivity contribution in [2.45, 2.75) is 13.3 Å². The van der Waals surface area contributed by atoms with E-state index in [1.54, 1.807) is 5.01 Å². The van der Waals surface area contributed by atoms with Crippen molar-refractivity contribution < 1.29 is 4.79 Å². The van der Waals surface area contributed by atoms with Crippen molar-refractivity contribution in [2.24, 2.45) is 0 Å². The first kappa shape index (κ1) is 12.6. The average Bonchev–Trinajstić information content (AvgIpc) is 2.88. The SMILES string of the molecule is CCc1ccc(C(=O)NN(C)c2ccccc2)s1. The summed E-state index contributed by atoms with van der Waals surface area (Å²) < 4.78 is 0. The summed E-state index contributed by atoms with van der Waals surface area (Å²) in [6.45, 7) is 2.09. The standard InChI is InChI=1S/C14H16N2OS/c1-3-12-9-10-13(18-12)14(17)15-16(2)11-7-5-4-6-8-11/h4-10H,3H2,1-2H3,(H,15,17). The lowest BCUT2D eigenvalue weighted by atomic mass is 10.3. The Labute approximate surface area is 111 Å². The second-order valence-electron chi connectivity index (χ2n) is 3.96. The van der Waals surface area contributed by atoms with Crippen molar-refractivity contribution in [1.82, 2.24) is 5.43 Å². The molecule has 1 aromatic carbocycles. The molecule has 4 heteroatoms. The topological polar surface area (TPSA) is 32.3 Å². The summed E-state index contributed by atoms with van der Waals surface area (Å²) in [6, 6.07) is 13.6. The van der Waals surface area contributed by atoms with Crippen LogP contribution in [0.15, 0.2) is 42.5 Å². The summed E-state index contributed by atoms with van der Waals surface area (Å²) >= 11 is 1.54. The zero-order chi connectivity index (χ0) is 13.0. The highest BCUT2D eigenvalue weighted by Gasteiger charge is 2.10. The fraction of sp³-hybridized carbons (Fsp3) is 0.214. The molecule has 0 aliphatic carbocycles. The first-order valence-corrected chi connectivity index (χ1v) is 6.71. The van der Waals surface area contributed by atoms with Crippen LogP contribution < -0.4 is 10.4 Å². The second-order valence-corrected chi connectivity index (χ2v) is 5.12. The lowest BCUT2D eigenvalue weighted by Gasteiger charge is -2.19. The van der Waals surface area contributed by atoms with Gasteiger partial charge in [0.15, 0.2) is 0 Å². The van der Waals surface area contributed by atoms with E-state index in [2.05, 4.69) is 12.3 Å². The van der Waals surface area contributed by atoms with Crippen molar-refractivity contribution in [2.75, 3.05) is 12.1 Å². The molecule has 0 spiro atoms. The maximum atomic E-state index is 12.0. The molecule has 2 rings (SSSR count). The van der Waals surface area contributed by atoms with Crippen molar-refractivity contribution in [1.29, 1.82) is 0 Å². The number of carbonyl (C=O) groups excluding carboxylic acids is 1. The Morgan fingerprint density at radius 2 is 1.94 bits per heavy atom. The molecule has 1 amide bonds. The van der Waals surface area contributed by atoms with Crippen LogP contribution in [-0.2, 0) is 6.42 Å². The molecule has 1 N–H and O–H groups in total. The van der Waals surface area contributed by atoms with Crippen molar-refractivity contribution in [3.63, 3.8) is 0 Å². The summed E-state index contributed by atoms with van der Waals surface area (Å²) in [7, 11) is 1.83. The highest BCUT2D eigenvalue weighted by molar-refractivity contribution is 7.14. The number of nitrogens with zero attached hydrogens (tertiary/aromatic N) is 1. The smallest absolute Gasteiger partial charge is 0.279 e. The number of anilines is 1. The van der Waals surface area contributed by atoms with Crippen molar-refractivity contribution in [3.05, 3.63) is 52.2 Å². The third-order valence-electron chi connectivity index (χ3n) is 2.65. The van der Waals surface area contributed by atoms with E-state index in [0.29, 0.717) is 0 Å². The first-order valence-electron chi connectivity index (χ1n) is 5.89. The minimum atomic E-state index is -0.0638. The Balaban J connectivity index is 2.03. The van der Waals surface area contributed by atoms with Crippen LogP contribution in [0.5, 0.6) is 0 Å². The zero-order valence-corrected chi connectivity index (χ0v) is 11.3. The second kappa shape index (κ2) is 5.69. The van der Waals surface area contributed by atoms with Crippen LogP contribution in [0.25, 0.3) is 0 Å². The number of hydrogen-bond acceptors (Lipinski definition) is 3. The molecule has 1 heterocycles. The Morgan fingerprint density at radius 3 is 2.56 bits per heavy atom. The number of hydrazine groups is 1. The third-order valence-corrected chi connectivity index (χ3v) is 3.87. The van der Waals surface area contributed by atoms with Gasteiger partial charge in [-0.05, 0) is 30.7 Å². The lowest BCUT2D eigenvalue weighted by Crippen LogP contribution is -2.38. The molecule has 0 atom stereocenters. The summed E-state index contributed by atoms with van der Waals surface area (Å²) in [4.78, 5) is 14.0. The van der Waals surface area contributed by atoms with Gasteiger partial charge in [0.25, 0.3) is 5.91 Å². The Morgan fingerprint density at radius 1 is 1.22 bits per heavy atom. The van der Waals surface area contributed by atoms with Crippen LogP contribution in [0.1, 0.15) is 21.5 Å². The van der Waals surface area contributed by atoms with Crippen molar-refractivity contribution in [3.8, 4) is 0 Å². The normalized spacial score (nSPS) is 10.1. The number of nitrogens with one attached hydrogen (secondary N) is 1. The van der Waals surface area contributed by atoms with E-state index in [1.165, 1.54) is 16.2 Å². The number of rotatable bonds is 4. The van der Waals surface area contributed by atoms with Gasteiger partial charge in [0.2, 0.25) is 0 Å². The molecule has 0 unspecified atom stereocenters. The van der Waals surface area contributed by atoms with E-state index < -0.39 is 0 Å². The molecule has 0 saturated carbocycles. The van der Waals surface area contributed by atoms with Crippen LogP contribution in [0.3, 0.4) is 0 Å². The van der Waals surface area contributed by atoms with Crippen LogP contribution in [0.4, 0.5) is 5.69 Å². The van der Waals surface area contributed by atoms with Gasteiger partial charge in [-0.2, -0.15) is 0 Å². The molecule has 3 nitrogen and oxygen atoms in total. The molecule has 0 radical (unpaired) electrons. The Kier molecular flexibility index (Phi) is 3.99. The van der Waals surface area contributed by atoms with Gasteiger partial charge in [0.1, 0.15) is 0 Å². The molecule has 0 fully saturated rings. The van der Waals surface area contributed by atoms with Crippen molar-refractivity contribution >= 4 is 22.9 Å². The van der Waals surface area contributed by atoms with Crippen LogP contribution in [0.2, 0.25) is 0 Å². The summed E-state index contributed by atoms with van der Waals surface area (Å²) in [5.41, 5.74) is 3.81. The Bertz CT molecular complexity index is 522. The van der Waals surface area contributed by atoms with E-state index in [4.69, 9.17) is 0 Å². The molecule has 2 aromatic rings. The maximum Gasteiger partial charge on any atom is 0.279 e. The monoisotopic (exact) mass is 260 g/mol. The molecule has 0 aliphatic heterocycles. The predicted octanol–water partition coefficient (Wildman–Crippen LogP) is 3.09. The third kappa shape index (κ3) is 2.90. The number of hydrogen-bond donors (Lipinski definition) is 1. The van der Waals surface area contributed by atoms with Gasteiger partial charge in [-0.1, -0.05) is 25.1 Å². The highest BCUT2D eigenvalue weighted by Crippen LogP contribution is 2.17. The molecular weight excluding hydrogens is 244 g/mol. The van der Waals surface area contributed by atoms with Gasteiger partial charge in [0, 0.05) is 11.9 Å². The fourth-order valence-corrected chi connectivity index (χ4v) is 2.45. The number of amides is 1. The van der Waals surface area contributed by atoms with Gasteiger partial charge in [-0.3, -0.25) is 15.2 Å². The fourth-order valence-electron chi connectivity index (χ4n) is 1.61. The highest BCUT2D eigenvalue weighted by atomic mass is 32.1. The summed E-state index contributed by atoms with van der Waals surface area (Å²) in [5.74, 6) is -0.0638.